The SMILES string of the molecule is Cc1noc(C)c1[C@@H](C)CN. The Kier molecular flexibility index (Phi) is 2.29. The van der Waals surface area contributed by atoms with Crippen LogP contribution in [-0.2, 0) is 0 Å². The zero-order chi connectivity index (χ0) is 8.43. The van der Waals surface area contributed by atoms with E-state index < -0.39 is 0 Å². The van der Waals surface area contributed by atoms with Crippen molar-refractivity contribution in [3.8, 4) is 0 Å². The van der Waals surface area contributed by atoms with E-state index in [4.69, 9.17) is 10.3 Å². The Labute approximate surface area is 66.6 Å². The van der Waals surface area contributed by atoms with Crippen molar-refractivity contribution < 1.29 is 4.52 Å². The maximum Gasteiger partial charge on any atom is 0.137 e. The Bertz CT molecular complexity index is 223. The van der Waals surface area contributed by atoms with E-state index in [0.29, 0.717) is 12.5 Å². The molecule has 0 aromatic carbocycles. The van der Waals surface area contributed by atoms with Crippen LogP contribution in [0.2, 0.25) is 0 Å². The number of hydrogen-bond acceptors (Lipinski definition) is 3. The summed E-state index contributed by atoms with van der Waals surface area (Å²) < 4.78 is 5.01. The molecule has 3 heteroatoms. The van der Waals surface area contributed by atoms with E-state index in [-0.39, 0.29) is 0 Å². The summed E-state index contributed by atoms with van der Waals surface area (Å²) in [5.41, 5.74) is 7.65. The second-order valence-corrected chi connectivity index (χ2v) is 2.87. The minimum Gasteiger partial charge on any atom is -0.361 e. The van der Waals surface area contributed by atoms with Crippen molar-refractivity contribution in [1.29, 1.82) is 0 Å². The van der Waals surface area contributed by atoms with Crippen LogP contribution in [-0.4, -0.2) is 11.7 Å². The average molecular weight is 154 g/mol. The molecule has 11 heavy (non-hydrogen) atoms. The van der Waals surface area contributed by atoms with Crippen LogP contribution in [0.4, 0.5) is 0 Å². The van der Waals surface area contributed by atoms with Gasteiger partial charge in [0.15, 0.2) is 0 Å². The summed E-state index contributed by atoms with van der Waals surface area (Å²) in [4.78, 5) is 0. The van der Waals surface area contributed by atoms with Crippen LogP contribution in [0.3, 0.4) is 0 Å². The van der Waals surface area contributed by atoms with Crippen molar-refractivity contribution in [2.45, 2.75) is 26.7 Å². The van der Waals surface area contributed by atoms with E-state index in [1.807, 2.05) is 13.8 Å². The Balaban J connectivity index is 3.00. The molecule has 0 saturated carbocycles. The molecule has 0 unspecified atom stereocenters. The van der Waals surface area contributed by atoms with Gasteiger partial charge in [0.1, 0.15) is 5.76 Å². The third-order valence-corrected chi connectivity index (χ3v) is 1.93. The van der Waals surface area contributed by atoms with Gasteiger partial charge < -0.3 is 10.3 Å². The van der Waals surface area contributed by atoms with Crippen molar-refractivity contribution in [3.05, 3.63) is 17.0 Å². The first kappa shape index (κ1) is 8.27. The number of rotatable bonds is 2. The van der Waals surface area contributed by atoms with Gasteiger partial charge in [0.2, 0.25) is 0 Å². The highest BCUT2D eigenvalue weighted by atomic mass is 16.5. The smallest absolute Gasteiger partial charge is 0.137 e. The fourth-order valence-electron chi connectivity index (χ4n) is 1.31. The fourth-order valence-corrected chi connectivity index (χ4v) is 1.31. The highest BCUT2D eigenvalue weighted by Gasteiger charge is 2.14. The predicted molar refractivity (Wildman–Crippen MR) is 43.4 cm³/mol. The lowest BCUT2D eigenvalue weighted by Crippen LogP contribution is -2.10. The van der Waals surface area contributed by atoms with Gasteiger partial charge in [0, 0.05) is 5.56 Å². The van der Waals surface area contributed by atoms with E-state index in [0.717, 1.165) is 17.0 Å². The van der Waals surface area contributed by atoms with E-state index in [2.05, 4.69) is 12.1 Å². The predicted octanol–water partition coefficient (Wildman–Crippen LogP) is 1.35. The molecule has 1 rings (SSSR count). The Hall–Kier alpha value is -0.830. The second-order valence-electron chi connectivity index (χ2n) is 2.87. The van der Waals surface area contributed by atoms with Crippen LogP contribution >= 0.6 is 0 Å². The van der Waals surface area contributed by atoms with Crippen molar-refractivity contribution in [1.82, 2.24) is 5.16 Å². The second kappa shape index (κ2) is 3.05. The van der Waals surface area contributed by atoms with Gasteiger partial charge in [-0.2, -0.15) is 0 Å². The first-order valence-electron chi connectivity index (χ1n) is 3.79. The van der Waals surface area contributed by atoms with Crippen LogP contribution < -0.4 is 5.73 Å². The van der Waals surface area contributed by atoms with E-state index in [9.17, 15) is 0 Å². The van der Waals surface area contributed by atoms with Crippen molar-refractivity contribution >= 4 is 0 Å². The monoisotopic (exact) mass is 154 g/mol. The van der Waals surface area contributed by atoms with Crippen molar-refractivity contribution in [2.24, 2.45) is 5.73 Å². The average Bonchev–Trinajstić information content (AvgIpc) is 2.30. The molecule has 2 N–H and O–H groups in total. The molecule has 1 aromatic rings. The summed E-state index contributed by atoms with van der Waals surface area (Å²) in [5, 5.41) is 3.85. The summed E-state index contributed by atoms with van der Waals surface area (Å²) >= 11 is 0. The summed E-state index contributed by atoms with van der Waals surface area (Å²) in [6.07, 6.45) is 0. The van der Waals surface area contributed by atoms with E-state index in [1.54, 1.807) is 0 Å². The quantitative estimate of drug-likeness (QED) is 0.699. The minimum atomic E-state index is 0.348. The van der Waals surface area contributed by atoms with Crippen molar-refractivity contribution in [3.63, 3.8) is 0 Å². The summed E-state index contributed by atoms with van der Waals surface area (Å²) in [6.45, 7) is 6.58. The lowest BCUT2D eigenvalue weighted by Gasteiger charge is -2.05. The van der Waals surface area contributed by atoms with Gasteiger partial charge in [-0.3, -0.25) is 0 Å². The van der Waals surface area contributed by atoms with Gasteiger partial charge in [0.05, 0.1) is 5.69 Å². The van der Waals surface area contributed by atoms with Gasteiger partial charge in [0.25, 0.3) is 0 Å². The molecule has 0 aliphatic carbocycles. The van der Waals surface area contributed by atoms with E-state index >= 15 is 0 Å². The highest BCUT2D eigenvalue weighted by molar-refractivity contribution is 5.25. The molecule has 1 heterocycles. The first-order chi connectivity index (χ1) is 5.16. The number of nitrogens with two attached hydrogens (primary N) is 1. The number of aromatic nitrogens is 1. The normalized spacial score (nSPS) is 13.5. The van der Waals surface area contributed by atoms with Crippen LogP contribution in [0, 0.1) is 13.8 Å². The zero-order valence-electron chi connectivity index (χ0n) is 7.22. The molecule has 62 valence electrons. The van der Waals surface area contributed by atoms with Gasteiger partial charge in [-0.25, -0.2) is 0 Å². The Morgan fingerprint density at radius 3 is 2.55 bits per heavy atom. The Morgan fingerprint density at radius 2 is 2.18 bits per heavy atom. The van der Waals surface area contributed by atoms with Crippen LogP contribution in [0.15, 0.2) is 4.52 Å². The minimum absolute atomic E-state index is 0.348. The molecule has 0 radical (unpaired) electrons. The molecule has 0 saturated heterocycles. The maximum atomic E-state index is 5.53. The molecule has 0 aliphatic heterocycles. The molecule has 0 aliphatic rings. The van der Waals surface area contributed by atoms with Gasteiger partial charge in [-0.05, 0) is 26.3 Å². The highest BCUT2D eigenvalue weighted by Crippen LogP contribution is 2.21. The summed E-state index contributed by atoms with van der Waals surface area (Å²) in [6, 6.07) is 0. The third-order valence-electron chi connectivity index (χ3n) is 1.93. The summed E-state index contributed by atoms with van der Waals surface area (Å²) in [5.74, 6) is 1.24. The molecule has 0 fully saturated rings. The van der Waals surface area contributed by atoms with E-state index in [1.165, 1.54) is 0 Å². The maximum absolute atomic E-state index is 5.53. The Morgan fingerprint density at radius 1 is 1.55 bits per heavy atom. The number of nitrogens with zero attached hydrogens (tertiary/aromatic N) is 1. The van der Waals surface area contributed by atoms with Crippen LogP contribution in [0.1, 0.15) is 29.9 Å². The number of hydrogen-bond donors (Lipinski definition) is 1. The molecule has 0 spiro atoms. The third kappa shape index (κ3) is 1.43. The molecular formula is C8H14N2O. The molecular weight excluding hydrogens is 140 g/mol. The van der Waals surface area contributed by atoms with Crippen molar-refractivity contribution in [2.75, 3.05) is 6.54 Å². The van der Waals surface area contributed by atoms with Gasteiger partial charge in [-0.15, -0.1) is 0 Å². The molecule has 0 bridgehead atoms. The van der Waals surface area contributed by atoms with Crippen LogP contribution in [0.5, 0.6) is 0 Å². The fraction of sp³-hybridized carbons (Fsp3) is 0.625. The lowest BCUT2D eigenvalue weighted by molar-refractivity contribution is 0.391. The molecule has 0 amide bonds. The topological polar surface area (TPSA) is 52.0 Å². The van der Waals surface area contributed by atoms with Gasteiger partial charge >= 0.3 is 0 Å². The van der Waals surface area contributed by atoms with Gasteiger partial charge in [-0.1, -0.05) is 12.1 Å². The summed E-state index contributed by atoms with van der Waals surface area (Å²) in [7, 11) is 0. The number of aryl methyl sites for hydroxylation is 2. The van der Waals surface area contributed by atoms with Crippen LogP contribution in [0.25, 0.3) is 0 Å². The zero-order valence-corrected chi connectivity index (χ0v) is 7.22. The standard InChI is InChI=1S/C8H14N2O/c1-5(4-9)8-6(2)10-11-7(8)3/h5H,4,9H2,1-3H3/t5-/m0/s1. The largest absolute Gasteiger partial charge is 0.361 e. The lowest BCUT2D eigenvalue weighted by atomic mass is 10.0. The molecule has 1 atom stereocenters. The first-order valence-corrected chi connectivity index (χ1v) is 3.79. The molecule has 3 nitrogen and oxygen atoms in total. The molecule has 1 aromatic heterocycles.